The highest BCUT2D eigenvalue weighted by atomic mass is 33.1. The Kier molecular flexibility index (Phi) is 7.55. The van der Waals surface area contributed by atoms with Crippen molar-refractivity contribution in [2.45, 2.75) is 6.92 Å². The Morgan fingerprint density at radius 1 is 1.67 bits per heavy atom. The fourth-order valence-electron chi connectivity index (χ4n) is 0.218. The second-order valence-electron chi connectivity index (χ2n) is 1.14. The molecule has 0 aliphatic rings. The zero-order valence-corrected chi connectivity index (χ0v) is 7.90. The Hall–Kier alpha value is 0.810. The molecule has 0 amide bonds. The highest BCUT2D eigenvalue weighted by molar-refractivity contribution is 8.69. The van der Waals surface area contributed by atoms with E-state index in [1.54, 1.807) is 11.8 Å². The van der Waals surface area contributed by atoms with E-state index in [0.717, 1.165) is 5.08 Å². The molecule has 0 heterocycles. The maximum Gasteiger partial charge on any atom is 0.219 e. The predicted molar refractivity (Wildman–Crippen MR) is 45.7 cm³/mol. The number of rotatable bonds is 5. The van der Waals surface area contributed by atoms with Gasteiger partial charge in [-0.1, -0.05) is 0 Å². The van der Waals surface area contributed by atoms with Crippen LogP contribution in [0.5, 0.6) is 0 Å². The molecule has 0 saturated heterocycles. The van der Waals surface area contributed by atoms with Gasteiger partial charge in [-0.15, -0.1) is 0 Å². The average molecular weight is 186 g/mol. The summed E-state index contributed by atoms with van der Waals surface area (Å²) in [5, 5.41) is 0.826. The smallest absolute Gasteiger partial charge is 0.219 e. The molecule has 0 rings (SSSR count). The van der Waals surface area contributed by atoms with E-state index in [4.69, 9.17) is 4.18 Å². The van der Waals surface area contributed by atoms with Gasteiger partial charge in [-0.2, -0.15) is 11.8 Å². The first-order valence-electron chi connectivity index (χ1n) is 2.48. The molecule has 0 aliphatic carbocycles. The summed E-state index contributed by atoms with van der Waals surface area (Å²) in [5.41, 5.74) is 0. The maximum atomic E-state index is 10.6. The summed E-state index contributed by atoms with van der Waals surface area (Å²) in [7, 11) is 0.190. The number of hydrogen-bond acceptors (Lipinski definition) is 4. The van der Waals surface area contributed by atoms with Crippen LogP contribution in [0.2, 0.25) is 0 Å². The van der Waals surface area contributed by atoms with Crippen LogP contribution in [0, 0.1) is 0 Å². The zero-order valence-electron chi connectivity index (χ0n) is 5.46. The largest absolute Gasteiger partial charge is 0.282 e. The minimum absolute atomic E-state index is 0.522. The molecule has 0 aromatic heterocycles. The van der Waals surface area contributed by atoms with Crippen LogP contribution < -0.4 is 0 Å². The third-order valence-electron chi connectivity index (χ3n) is 0.476. The molecule has 56 valence electrons. The van der Waals surface area contributed by atoms with Crippen molar-refractivity contribution in [3.8, 4) is 0 Å². The summed E-state index contributed by atoms with van der Waals surface area (Å²) < 4.78 is 15.4. The van der Waals surface area contributed by atoms with Crippen molar-refractivity contribution in [2.24, 2.45) is 0 Å². The molecule has 0 unspecified atom stereocenters. The molecule has 5 heteroatoms. The van der Waals surface area contributed by atoms with Gasteiger partial charge in [0, 0.05) is 0 Å². The van der Waals surface area contributed by atoms with Gasteiger partial charge in [0.25, 0.3) is 0 Å². The maximum absolute atomic E-state index is 10.6. The lowest BCUT2D eigenvalue weighted by molar-refractivity contribution is 0.381. The van der Waals surface area contributed by atoms with Gasteiger partial charge in [0.15, 0.2) is 0 Å². The van der Waals surface area contributed by atoms with Gasteiger partial charge >= 0.3 is 0 Å². The Morgan fingerprint density at radius 2 is 2.33 bits per heavy atom. The van der Waals surface area contributed by atoms with E-state index < -0.39 is 10.1 Å². The van der Waals surface area contributed by atoms with E-state index >= 15 is 0 Å². The second-order valence-corrected chi connectivity index (χ2v) is 5.06. The van der Waals surface area contributed by atoms with Gasteiger partial charge in [0.1, 0.15) is 0 Å². The molecule has 2 nitrogen and oxygen atoms in total. The molecule has 0 aromatic carbocycles. The van der Waals surface area contributed by atoms with Gasteiger partial charge in [-0.05, 0) is 24.0 Å². The molecule has 0 aliphatic heterocycles. The first-order valence-corrected chi connectivity index (χ1v) is 6.45. The van der Waals surface area contributed by atoms with Crippen LogP contribution >= 0.6 is 22.6 Å². The van der Waals surface area contributed by atoms with Crippen LogP contribution in [-0.4, -0.2) is 22.2 Å². The molecular formula is C4H10O2S3. The average Bonchev–Trinajstić information content (AvgIpc) is 1.85. The van der Waals surface area contributed by atoms with E-state index in [1.165, 1.54) is 10.8 Å². The van der Waals surface area contributed by atoms with Crippen LogP contribution in [0.25, 0.3) is 0 Å². The SMILES string of the molecule is CCO[S@](=O)SCSC. The molecule has 9 heavy (non-hydrogen) atoms. The van der Waals surface area contributed by atoms with Crippen molar-refractivity contribution in [1.82, 2.24) is 0 Å². The Balaban J connectivity index is 3.06. The molecule has 0 saturated carbocycles. The molecule has 0 aromatic rings. The minimum atomic E-state index is -1.12. The highest BCUT2D eigenvalue weighted by Gasteiger charge is 1.96. The summed E-state index contributed by atoms with van der Waals surface area (Å²) >= 11 is 1.65. The van der Waals surface area contributed by atoms with Crippen molar-refractivity contribution >= 4 is 32.7 Å². The fraction of sp³-hybridized carbons (Fsp3) is 1.00. The van der Waals surface area contributed by atoms with Crippen molar-refractivity contribution in [1.29, 1.82) is 0 Å². The van der Waals surface area contributed by atoms with Crippen LogP contribution in [-0.2, 0) is 14.3 Å². The summed E-state index contributed by atoms with van der Waals surface area (Å²) in [5.74, 6) is 0. The normalized spacial score (nSPS) is 13.6. The van der Waals surface area contributed by atoms with E-state index in [9.17, 15) is 4.21 Å². The summed E-state index contributed by atoms with van der Waals surface area (Å²) in [6.45, 7) is 2.35. The standard InChI is InChI=1S/C4H10O2S3/c1-3-6-9(5)8-4-7-2/h3-4H2,1-2H3/t9-/m0/s1. The van der Waals surface area contributed by atoms with Crippen LogP contribution in [0.1, 0.15) is 6.92 Å². The van der Waals surface area contributed by atoms with Crippen molar-refractivity contribution in [3.63, 3.8) is 0 Å². The van der Waals surface area contributed by atoms with Gasteiger partial charge in [-0.3, -0.25) is 4.18 Å². The Morgan fingerprint density at radius 3 is 2.78 bits per heavy atom. The third-order valence-corrected chi connectivity index (χ3v) is 4.16. The van der Waals surface area contributed by atoms with Gasteiger partial charge in [-0.25, -0.2) is 4.21 Å². The summed E-state index contributed by atoms with van der Waals surface area (Å²) in [6.07, 6.45) is 1.97. The second kappa shape index (κ2) is 6.92. The van der Waals surface area contributed by atoms with Gasteiger partial charge < -0.3 is 0 Å². The topological polar surface area (TPSA) is 26.3 Å². The van der Waals surface area contributed by atoms with Crippen molar-refractivity contribution in [3.05, 3.63) is 0 Å². The lowest BCUT2D eigenvalue weighted by Gasteiger charge is -1.95. The molecule has 0 fully saturated rings. The molecular weight excluding hydrogens is 176 g/mol. The first kappa shape index (κ1) is 9.81. The lowest BCUT2D eigenvalue weighted by Crippen LogP contribution is -1.90. The Bertz CT molecular complexity index is 85.9. The minimum Gasteiger partial charge on any atom is -0.282 e. The summed E-state index contributed by atoms with van der Waals surface area (Å²) in [6, 6.07) is 0. The van der Waals surface area contributed by atoms with Crippen LogP contribution in [0.15, 0.2) is 0 Å². The quantitative estimate of drug-likeness (QED) is 0.482. The first-order chi connectivity index (χ1) is 4.31. The van der Waals surface area contributed by atoms with E-state index in [2.05, 4.69) is 0 Å². The third kappa shape index (κ3) is 6.70. The zero-order chi connectivity index (χ0) is 7.11. The molecule has 0 N–H and O–H groups in total. The molecule has 0 radical (unpaired) electrons. The molecule has 0 bridgehead atoms. The van der Waals surface area contributed by atoms with Crippen molar-refractivity contribution < 1.29 is 8.39 Å². The summed E-state index contributed by atoms with van der Waals surface area (Å²) in [4.78, 5) is 0. The van der Waals surface area contributed by atoms with Gasteiger partial charge in [0.05, 0.1) is 11.7 Å². The highest BCUT2D eigenvalue weighted by Crippen LogP contribution is 2.13. The van der Waals surface area contributed by atoms with E-state index in [0.29, 0.717) is 6.61 Å². The van der Waals surface area contributed by atoms with Crippen LogP contribution in [0.3, 0.4) is 0 Å². The van der Waals surface area contributed by atoms with Gasteiger partial charge in [0.2, 0.25) is 10.1 Å². The molecule has 0 spiro atoms. The van der Waals surface area contributed by atoms with Crippen LogP contribution in [0.4, 0.5) is 0 Å². The number of hydrogen-bond donors (Lipinski definition) is 0. The Labute approximate surface area is 66.2 Å². The predicted octanol–water partition coefficient (Wildman–Crippen LogP) is 1.66. The monoisotopic (exact) mass is 186 g/mol. The van der Waals surface area contributed by atoms with Crippen molar-refractivity contribution in [2.75, 3.05) is 17.9 Å². The van der Waals surface area contributed by atoms with E-state index in [-0.39, 0.29) is 0 Å². The lowest BCUT2D eigenvalue weighted by atomic mass is 10.9. The fourth-order valence-corrected chi connectivity index (χ4v) is 3.24. The molecule has 1 atom stereocenters. The number of thioether (sulfide) groups is 1. The van der Waals surface area contributed by atoms with E-state index in [1.807, 2.05) is 13.2 Å².